The average Bonchev–Trinajstić information content (AvgIpc) is 3.04. The molecule has 0 amide bonds. The molecule has 0 fully saturated rings. The number of rotatable bonds is 6. The molecular weight excluding hydrogens is 330 g/mol. The molecule has 0 unspecified atom stereocenters. The Bertz CT molecular complexity index is 774. The van der Waals surface area contributed by atoms with Crippen molar-refractivity contribution < 1.29 is 4.74 Å². The number of thioether (sulfide) groups is 1. The molecule has 3 aromatic rings. The fourth-order valence-electron chi connectivity index (χ4n) is 2.18. The van der Waals surface area contributed by atoms with Gasteiger partial charge in [0.25, 0.3) is 0 Å². The topological polar surface area (TPSA) is 39.9 Å². The van der Waals surface area contributed by atoms with Gasteiger partial charge in [-0.15, -0.1) is 10.2 Å². The van der Waals surface area contributed by atoms with Crippen molar-refractivity contribution in [3.8, 4) is 11.4 Å². The van der Waals surface area contributed by atoms with Crippen LogP contribution in [0.25, 0.3) is 5.69 Å². The van der Waals surface area contributed by atoms with Crippen LogP contribution < -0.4 is 4.74 Å². The first-order chi connectivity index (χ1) is 11.3. The van der Waals surface area contributed by atoms with Gasteiger partial charge in [0.1, 0.15) is 12.1 Å². The van der Waals surface area contributed by atoms with Gasteiger partial charge >= 0.3 is 0 Å². The smallest absolute Gasteiger partial charge is 0.195 e. The zero-order valence-corrected chi connectivity index (χ0v) is 14.2. The fourth-order valence-corrected chi connectivity index (χ4v) is 3.28. The molecule has 6 heteroatoms. The standard InChI is InChI=1S/C17H16ClN3OS/c1-22-16-7-5-13(6-8-16)9-10-23-17-20-19-12-21(17)15-4-2-3-14(18)11-15/h2-8,11-12H,9-10H2,1H3. The minimum Gasteiger partial charge on any atom is -0.497 e. The van der Waals surface area contributed by atoms with Crippen molar-refractivity contribution >= 4 is 23.4 Å². The molecule has 3 rings (SSSR count). The third-order valence-corrected chi connectivity index (χ3v) is 4.56. The van der Waals surface area contributed by atoms with Crippen molar-refractivity contribution in [1.82, 2.24) is 14.8 Å². The monoisotopic (exact) mass is 345 g/mol. The van der Waals surface area contributed by atoms with Gasteiger partial charge in [-0.05, 0) is 42.3 Å². The van der Waals surface area contributed by atoms with E-state index < -0.39 is 0 Å². The number of aromatic nitrogens is 3. The Hall–Kier alpha value is -1.98. The Balaban J connectivity index is 1.64. The molecule has 4 nitrogen and oxygen atoms in total. The molecule has 0 aliphatic carbocycles. The Morgan fingerprint density at radius 1 is 1.17 bits per heavy atom. The van der Waals surface area contributed by atoms with Gasteiger partial charge in [-0.25, -0.2) is 0 Å². The summed E-state index contributed by atoms with van der Waals surface area (Å²) < 4.78 is 7.12. The van der Waals surface area contributed by atoms with E-state index in [0.29, 0.717) is 5.02 Å². The molecule has 0 N–H and O–H groups in total. The lowest BCUT2D eigenvalue weighted by molar-refractivity contribution is 0.414. The molecule has 0 spiro atoms. The van der Waals surface area contributed by atoms with Crippen LogP contribution in [0, 0.1) is 0 Å². The molecule has 0 saturated carbocycles. The minimum absolute atomic E-state index is 0.699. The molecule has 1 heterocycles. The predicted octanol–water partition coefficient (Wildman–Crippen LogP) is 4.26. The normalized spacial score (nSPS) is 10.7. The van der Waals surface area contributed by atoms with Gasteiger partial charge in [-0.3, -0.25) is 4.57 Å². The molecule has 1 aromatic heterocycles. The second-order valence-electron chi connectivity index (χ2n) is 4.91. The van der Waals surface area contributed by atoms with E-state index in [9.17, 15) is 0 Å². The van der Waals surface area contributed by atoms with E-state index in [0.717, 1.165) is 28.8 Å². The van der Waals surface area contributed by atoms with Gasteiger partial charge in [0.15, 0.2) is 5.16 Å². The van der Waals surface area contributed by atoms with E-state index in [1.807, 2.05) is 41.0 Å². The van der Waals surface area contributed by atoms with E-state index in [-0.39, 0.29) is 0 Å². The Labute approximate surface area is 144 Å². The first kappa shape index (κ1) is 15.9. The van der Waals surface area contributed by atoms with Gasteiger partial charge in [0, 0.05) is 10.8 Å². The molecule has 0 saturated heterocycles. The van der Waals surface area contributed by atoms with E-state index in [4.69, 9.17) is 16.3 Å². The molecular formula is C17H16ClN3OS. The lowest BCUT2D eigenvalue weighted by Gasteiger charge is -2.07. The van der Waals surface area contributed by atoms with E-state index >= 15 is 0 Å². The van der Waals surface area contributed by atoms with Gasteiger partial charge in [-0.1, -0.05) is 41.6 Å². The summed E-state index contributed by atoms with van der Waals surface area (Å²) in [7, 11) is 1.67. The summed E-state index contributed by atoms with van der Waals surface area (Å²) in [5, 5.41) is 9.76. The van der Waals surface area contributed by atoms with Gasteiger partial charge < -0.3 is 4.74 Å². The highest BCUT2D eigenvalue weighted by atomic mass is 35.5. The summed E-state index contributed by atoms with van der Waals surface area (Å²) >= 11 is 7.73. The van der Waals surface area contributed by atoms with Crippen LogP contribution >= 0.6 is 23.4 Å². The summed E-state index contributed by atoms with van der Waals surface area (Å²) in [6.45, 7) is 0. The number of methoxy groups -OCH3 is 1. The number of aryl methyl sites for hydroxylation is 1. The average molecular weight is 346 g/mol. The van der Waals surface area contributed by atoms with Crippen LogP contribution in [0.1, 0.15) is 5.56 Å². The lowest BCUT2D eigenvalue weighted by Crippen LogP contribution is -1.97. The highest BCUT2D eigenvalue weighted by molar-refractivity contribution is 7.99. The largest absolute Gasteiger partial charge is 0.497 e. The second kappa shape index (κ2) is 7.53. The number of nitrogens with zero attached hydrogens (tertiary/aromatic N) is 3. The van der Waals surface area contributed by atoms with Crippen molar-refractivity contribution in [2.45, 2.75) is 11.6 Å². The maximum absolute atomic E-state index is 6.05. The van der Waals surface area contributed by atoms with Crippen LogP contribution in [0.15, 0.2) is 60.0 Å². The Kier molecular flexibility index (Phi) is 5.20. The second-order valence-corrected chi connectivity index (χ2v) is 6.41. The van der Waals surface area contributed by atoms with Crippen LogP contribution in [-0.2, 0) is 6.42 Å². The molecule has 0 bridgehead atoms. The van der Waals surface area contributed by atoms with E-state index in [1.54, 1.807) is 25.2 Å². The highest BCUT2D eigenvalue weighted by Gasteiger charge is 2.07. The predicted molar refractivity (Wildman–Crippen MR) is 93.8 cm³/mol. The zero-order chi connectivity index (χ0) is 16.1. The molecule has 23 heavy (non-hydrogen) atoms. The van der Waals surface area contributed by atoms with Crippen LogP contribution in [0.5, 0.6) is 5.75 Å². The Morgan fingerprint density at radius 2 is 2.00 bits per heavy atom. The number of halogens is 1. The number of ether oxygens (including phenoxy) is 1. The molecule has 2 aromatic carbocycles. The Morgan fingerprint density at radius 3 is 2.74 bits per heavy atom. The zero-order valence-electron chi connectivity index (χ0n) is 12.6. The number of hydrogen-bond donors (Lipinski definition) is 0. The summed E-state index contributed by atoms with van der Waals surface area (Å²) in [4.78, 5) is 0. The third-order valence-electron chi connectivity index (χ3n) is 3.38. The quantitative estimate of drug-likeness (QED) is 0.626. The number of benzene rings is 2. The van der Waals surface area contributed by atoms with Crippen LogP contribution in [0.4, 0.5) is 0 Å². The first-order valence-corrected chi connectivity index (χ1v) is 8.54. The first-order valence-electron chi connectivity index (χ1n) is 7.18. The highest BCUT2D eigenvalue weighted by Crippen LogP contribution is 2.22. The summed E-state index contributed by atoms with van der Waals surface area (Å²) in [5.41, 5.74) is 2.24. The minimum atomic E-state index is 0.699. The molecule has 118 valence electrons. The summed E-state index contributed by atoms with van der Waals surface area (Å²) in [6, 6.07) is 15.8. The van der Waals surface area contributed by atoms with Gasteiger partial charge in [0.05, 0.1) is 12.8 Å². The van der Waals surface area contributed by atoms with Crippen molar-refractivity contribution in [3.63, 3.8) is 0 Å². The van der Waals surface area contributed by atoms with Crippen molar-refractivity contribution in [1.29, 1.82) is 0 Å². The summed E-state index contributed by atoms with van der Waals surface area (Å²) in [5.74, 6) is 1.80. The van der Waals surface area contributed by atoms with Crippen molar-refractivity contribution in [2.24, 2.45) is 0 Å². The fraction of sp³-hybridized carbons (Fsp3) is 0.176. The van der Waals surface area contributed by atoms with Crippen LogP contribution in [0.2, 0.25) is 5.02 Å². The van der Waals surface area contributed by atoms with Crippen LogP contribution in [-0.4, -0.2) is 27.6 Å². The van der Waals surface area contributed by atoms with E-state index in [1.165, 1.54) is 5.56 Å². The SMILES string of the molecule is COc1ccc(CCSc2nncn2-c2cccc(Cl)c2)cc1. The maximum Gasteiger partial charge on any atom is 0.195 e. The lowest BCUT2D eigenvalue weighted by atomic mass is 10.2. The third kappa shape index (κ3) is 4.06. The van der Waals surface area contributed by atoms with Crippen molar-refractivity contribution in [2.75, 3.05) is 12.9 Å². The molecule has 0 aliphatic rings. The van der Waals surface area contributed by atoms with Crippen molar-refractivity contribution in [3.05, 3.63) is 65.4 Å². The summed E-state index contributed by atoms with van der Waals surface area (Å²) in [6.07, 6.45) is 2.67. The molecule has 0 aliphatic heterocycles. The van der Waals surface area contributed by atoms with Gasteiger partial charge in [0.2, 0.25) is 0 Å². The molecule has 0 radical (unpaired) electrons. The van der Waals surface area contributed by atoms with Gasteiger partial charge in [-0.2, -0.15) is 0 Å². The molecule has 0 atom stereocenters. The van der Waals surface area contributed by atoms with Crippen LogP contribution in [0.3, 0.4) is 0 Å². The number of hydrogen-bond acceptors (Lipinski definition) is 4. The van der Waals surface area contributed by atoms with E-state index in [2.05, 4.69) is 22.3 Å². The maximum atomic E-state index is 6.05.